The fraction of sp³-hybridized carbons (Fsp3) is 0.333. The number of carbonyl (C=O) groups is 1. The lowest BCUT2D eigenvalue weighted by Crippen LogP contribution is -2.21. The van der Waals surface area contributed by atoms with E-state index in [2.05, 4.69) is 28.1 Å². The van der Waals surface area contributed by atoms with Gasteiger partial charge in [-0.15, -0.1) is 0 Å². The van der Waals surface area contributed by atoms with E-state index in [1.165, 1.54) is 37.1 Å². The van der Waals surface area contributed by atoms with E-state index in [0.717, 1.165) is 17.0 Å². The number of rotatable bonds is 3. The molecule has 4 nitrogen and oxygen atoms in total. The van der Waals surface area contributed by atoms with Crippen molar-refractivity contribution in [3.63, 3.8) is 0 Å². The molecule has 2 aliphatic rings. The first-order chi connectivity index (χ1) is 12.2. The Bertz CT molecular complexity index is 826. The van der Waals surface area contributed by atoms with Crippen molar-refractivity contribution >= 4 is 23.4 Å². The summed E-state index contributed by atoms with van der Waals surface area (Å²) < 4.78 is 2.31. The quantitative estimate of drug-likeness (QED) is 0.744. The lowest BCUT2D eigenvalue weighted by atomic mass is 9.95. The largest absolute Gasteiger partial charge is 0.351 e. The zero-order chi connectivity index (χ0) is 17.2. The highest BCUT2D eigenvalue weighted by Gasteiger charge is 2.28. The SMILES string of the molecule is CC1=NN(c2ccccc2)C(=O)/C1=C\c1ccn(C2CCCCC2)c1. The van der Waals surface area contributed by atoms with Crippen molar-refractivity contribution in [2.75, 3.05) is 5.01 Å². The fourth-order valence-corrected chi connectivity index (χ4v) is 3.72. The Morgan fingerprint density at radius 3 is 2.60 bits per heavy atom. The molecule has 0 saturated heterocycles. The number of amides is 1. The van der Waals surface area contributed by atoms with E-state index in [1.807, 2.05) is 43.3 Å². The summed E-state index contributed by atoms with van der Waals surface area (Å²) in [5, 5.41) is 5.92. The van der Waals surface area contributed by atoms with Gasteiger partial charge in [-0.2, -0.15) is 10.1 Å². The number of carbonyl (C=O) groups excluding carboxylic acids is 1. The molecule has 2 heterocycles. The number of anilines is 1. The predicted molar refractivity (Wildman–Crippen MR) is 102 cm³/mol. The van der Waals surface area contributed by atoms with Crippen LogP contribution in [0.3, 0.4) is 0 Å². The second-order valence-electron chi connectivity index (χ2n) is 6.88. The molecule has 128 valence electrons. The predicted octanol–water partition coefficient (Wildman–Crippen LogP) is 4.80. The molecule has 0 spiro atoms. The highest BCUT2D eigenvalue weighted by Crippen LogP contribution is 2.29. The molecule has 1 aromatic carbocycles. The summed E-state index contributed by atoms with van der Waals surface area (Å²) in [7, 11) is 0. The van der Waals surface area contributed by atoms with E-state index in [0.29, 0.717) is 11.6 Å². The molecule has 25 heavy (non-hydrogen) atoms. The van der Waals surface area contributed by atoms with Crippen molar-refractivity contribution in [2.24, 2.45) is 5.10 Å². The maximum atomic E-state index is 12.8. The van der Waals surface area contributed by atoms with Gasteiger partial charge in [-0.05, 0) is 49.6 Å². The van der Waals surface area contributed by atoms with Gasteiger partial charge in [0.25, 0.3) is 5.91 Å². The van der Waals surface area contributed by atoms with Gasteiger partial charge in [0.2, 0.25) is 0 Å². The number of benzene rings is 1. The van der Waals surface area contributed by atoms with Gasteiger partial charge in [-0.1, -0.05) is 37.5 Å². The van der Waals surface area contributed by atoms with Gasteiger partial charge in [0, 0.05) is 18.4 Å². The summed E-state index contributed by atoms with van der Waals surface area (Å²) >= 11 is 0. The molecular formula is C21H23N3O. The van der Waals surface area contributed by atoms with Crippen LogP contribution >= 0.6 is 0 Å². The van der Waals surface area contributed by atoms with Crippen LogP contribution < -0.4 is 5.01 Å². The van der Waals surface area contributed by atoms with Crippen LogP contribution in [0.1, 0.15) is 50.6 Å². The molecule has 1 fully saturated rings. The third kappa shape index (κ3) is 3.16. The van der Waals surface area contributed by atoms with Crippen LogP contribution in [0, 0.1) is 0 Å². The molecule has 0 bridgehead atoms. The molecule has 0 unspecified atom stereocenters. The van der Waals surface area contributed by atoms with E-state index in [9.17, 15) is 4.79 Å². The summed E-state index contributed by atoms with van der Waals surface area (Å²) in [5.74, 6) is -0.0610. The van der Waals surface area contributed by atoms with Crippen molar-refractivity contribution in [3.05, 3.63) is 59.9 Å². The fourth-order valence-electron chi connectivity index (χ4n) is 3.72. The molecule has 4 rings (SSSR count). The first-order valence-electron chi connectivity index (χ1n) is 9.06. The highest BCUT2D eigenvalue weighted by atomic mass is 16.2. The van der Waals surface area contributed by atoms with E-state index >= 15 is 0 Å². The normalized spacial score (nSPS) is 20.4. The molecule has 2 aromatic rings. The second kappa shape index (κ2) is 6.71. The van der Waals surface area contributed by atoms with Crippen LogP contribution in [-0.4, -0.2) is 16.2 Å². The summed E-state index contributed by atoms with van der Waals surface area (Å²) in [5.41, 5.74) is 3.30. The molecule has 1 aromatic heterocycles. The van der Waals surface area contributed by atoms with Crippen molar-refractivity contribution in [1.29, 1.82) is 0 Å². The Hall–Kier alpha value is -2.62. The third-order valence-corrected chi connectivity index (χ3v) is 5.11. The Morgan fingerprint density at radius 2 is 1.84 bits per heavy atom. The van der Waals surface area contributed by atoms with E-state index in [4.69, 9.17) is 0 Å². The van der Waals surface area contributed by atoms with Crippen LogP contribution in [0.4, 0.5) is 5.69 Å². The molecule has 1 aliphatic carbocycles. The van der Waals surface area contributed by atoms with Gasteiger partial charge in [-0.25, -0.2) is 0 Å². The molecule has 0 radical (unpaired) electrons. The van der Waals surface area contributed by atoms with Gasteiger partial charge in [-0.3, -0.25) is 4.79 Å². The lowest BCUT2D eigenvalue weighted by Gasteiger charge is -2.23. The number of hydrogen-bond donors (Lipinski definition) is 0. The maximum Gasteiger partial charge on any atom is 0.280 e. The zero-order valence-corrected chi connectivity index (χ0v) is 14.6. The smallest absolute Gasteiger partial charge is 0.280 e. The van der Waals surface area contributed by atoms with Crippen molar-refractivity contribution in [2.45, 2.75) is 45.1 Å². The number of hydrogen-bond acceptors (Lipinski definition) is 2. The number of para-hydroxylation sites is 1. The first kappa shape index (κ1) is 15.9. The van der Waals surface area contributed by atoms with Crippen molar-refractivity contribution in [3.8, 4) is 0 Å². The molecule has 1 saturated carbocycles. The minimum Gasteiger partial charge on any atom is -0.351 e. The molecule has 4 heteroatoms. The van der Waals surface area contributed by atoms with Gasteiger partial charge in [0.05, 0.1) is 17.0 Å². The topological polar surface area (TPSA) is 37.6 Å². The summed E-state index contributed by atoms with van der Waals surface area (Å²) in [6.45, 7) is 1.89. The van der Waals surface area contributed by atoms with Gasteiger partial charge in [0.15, 0.2) is 0 Å². The van der Waals surface area contributed by atoms with Crippen LogP contribution in [0.5, 0.6) is 0 Å². The zero-order valence-electron chi connectivity index (χ0n) is 14.6. The molecule has 0 atom stereocenters. The van der Waals surface area contributed by atoms with Crippen LogP contribution in [0.2, 0.25) is 0 Å². The summed E-state index contributed by atoms with van der Waals surface area (Å²) in [4.78, 5) is 12.8. The Balaban J connectivity index is 1.56. The average molecular weight is 333 g/mol. The van der Waals surface area contributed by atoms with Crippen molar-refractivity contribution in [1.82, 2.24) is 4.57 Å². The van der Waals surface area contributed by atoms with E-state index in [1.54, 1.807) is 0 Å². The standard InChI is InChI=1S/C21H23N3O/c1-16-20(21(25)24(22-16)19-10-6-3-7-11-19)14-17-12-13-23(15-17)18-8-4-2-5-9-18/h3,6-7,10-15,18H,2,4-5,8-9H2,1H3/b20-14-. The summed E-state index contributed by atoms with van der Waals surface area (Å²) in [6.07, 6.45) is 12.8. The third-order valence-electron chi connectivity index (χ3n) is 5.11. The Labute approximate surface area is 148 Å². The highest BCUT2D eigenvalue weighted by molar-refractivity contribution is 6.32. The minimum atomic E-state index is -0.0610. The van der Waals surface area contributed by atoms with Crippen molar-refractivity contribution < 1.29 is 4.79 Å². The second-order valence-corrected chi connectivity index (χ2v) is 6.88. The number of aromatic nitrogens is 1. The Morgan fingerprint density at radius 1 is 1.08 bits per heavy atom. The molecule has 1 amide bonds. The molecule has 1 aliphatic heterocycles. The number of hydrazone groups is 1. The monoisotopic (exact) mass is 333 g/mol. The maximum absolute atomic E-state index is 12.8. The average Bonchev–Trinajstić information content (AvgIpc) is 3.23. The van der Waals surface area contributed by atoms with Crippen LogP contribution in [-0.2, 0) is 4.79 Å². The van der Waals surface area contributed by atoms with Gasteiger partial charge < -0.3 is 4.57 Å². The first-order valence-corrected chi connectivity index (χ1v) is 9.06. The number of nitrogens with zero attached hydrogens (tertiary/aromatic N) is 3. The van der Waals surface area contributed by atoms with Gasteiger partial charge >= 0.3 is 0 Å². The van der Waals surface area contributed by atoms with Gasteiger partial charge in [0.1, 0.15) is 0 Å². The van der Waals surface area contributed by atoms with E-state index < -0.39 is 0 Å². The molecule has 0 N–H and O–H groups in total. The van der Waals surface area contributed by atoms with E-state index in [-0.39, 0.29) is 5.91 Å². The molecular weight excluding hydrogens is 310 g/mol. The van der Waals surface area contributed by atoms with Crippen LogP contribution in [0.25, 0.3) is 6.08 Å². The minimum absolute atomic E-state index is 0.0610. The Kier molecular flexibility index (Phi) is 4.26. The van der Waals surface area contributed by atoms with Crippen LogP contribution in [0.15, 0.2) is 59.5 Å². The summed E-state index contributed by atoms with van der Waals surface area (Å²) in [6, 6.07) is 12.3. The lowest BCUT2D eigenvalue weighted by molar-refractivity contribution is -0.114.